The second kappa shape index (κ2) is 5.62. The Morgan fingerprint density at radius 2 is 2.25 bits per heavy atom. The first-order valence-electron chi connectivity index (χ1n) is 4.57. The largest absolute Gasteiger partial charge is 0.495 e. The molecule has 16 heavy (non-hydrogen) atoms. The minimum absolute atomic E-state index is 0.0289. The summed E-state index contributed by atoms with van der Waals surface area (Å²) in [4.78, 5) is 10.9. The van der Waals surface area contributed by atoms with Crippen LogP contribution >= 0.6 is 0 Å². The predicted molar refractivity (Wildman–Crippen MR) is 61.8 cm³/mol. The van der Waals surface area contributed by atoms with E-state index >= 15 is 0 Å². The smallest absolute Gasteiger partial charge is 0.259 e. The first-order chi connectivity index (χ1) is 7.52. The number of hydrogen-bond acceptors (Lipinski definition) is 3. The number of nitrogens with one attached hydrogen (secondary N) is 1. The van der Waals surface area contributed by atoms with Gasteiger partial charge in [-0.3, -0.25) is 14.1 Å². The minimum Gasteiger partial charge on any atom is -0.495 e. The molecule has 0 saturated carbocycles. The Morgan fingerprint density at radius 1 is 1.56 bits per heavy atom. The van der Waals surface area contributed by atoms with E-state index in [9.17, 15) is 9.00 Å². The molecule has 1 unspecified atom stereocenters. The zero-order valence-electron chi connectivity index (χ0n) is 9.02. The molecule has 0 spiro atoms. The number of hydrogen-bond donors (Lipinski definition) is 2. The van der Waals surface area contributed by atoms with E-state index in [1.807, 2.05) is 0 Å². The molecule has 5 nitrogen and oxygen atoms in total. The van der Waals surface area contributed by atoms with Crippen molar-refractivity contribution < 1.29 is 18.3 Å². The van der Waals surface area contributed by atoms with E-state index < -0.39 is 11.3 Å². The zero-order chi connectivity index (χ0) is 12.1. The molecule has 0 radical (unpaired) electrons. The molecule has 1 atom stereocenters. The monoisotopic (exact) mass is 243 g/mol. The molecule has 0 bridgehead atoms. The Labute approximate surface area is 96.2 Å². The maximum absolute atomic E-state index is 10.9. The van der Waals surface area contributed by atoms with Crippen LogP contribution in [0.3, 0.4) is 0 Å². The van der Waals surface area contributed by atoms with Crippen LogP contribution in [0.25, 0.3) is 0 Å². The molecule has 1 aromatic carbocycles. The summed E-state index contributed by atoms with van der Waals surface area (Å²) in [6.45, 7) is 1.49. The Hall–Kier alpha value is -1.40. The SMILES string of the molecule is COc1ccc(CC(C)=O)cc1NS(=O)O. The molecule has 2 N–H and O–H groups in total. The number of rotatable bonds is 5. The molecule has 0 heterocycles. The summed E-state index contributed by atoms with van der Waals surface area (Å²) in [5.41, 5.74) is 1.16. The molecule has 0 fully saturated rings. The number of ether oxygens (including phenoxy) is 1. The minimum atomic E-state index is -2.16. The summed E-state index contributed by atoms with van der Waals surface area (Å²) in [7, 11) is 1.46. The van der Waals surface area contributed by atoms with Crippen LogP contribution in [0.4, 0.5) is 5.69 Å². The molecule has 0 aliphatic rings. The summed E-state index contributed by atoms with van der Waals surface area (Å²) >= 11 is -2.16. The van der Waals surface area contributed by atoms with Crippen LogP contribution in [0.1, 0.15) is 12.5 Å². The number of methoxy groups -OCH3 is 1. The standard InChI is InChI=1S/C10H13NO4S/c1-7(12)5-8-3-4-10(15-2)9(6-8)11-16(13)14/h3-4,6,11H,5H2,1-2H3,(H,13,14). The molecule has 6 heteroatoms. The number of Topliss-reactive ketones (excluding diaryl/α,β-unsaturated/α-hetero) is 1. The number of anilines is 1. The van der Waals surface area contributed by atoms with Gasteiger partial charge in [0.2, 0.25) is 0 Å². The van der Waals surface area contributed by atoms with Crippen LogP contribution in [0.5, 0.6) is 5.75 Å². The molecule has 0 saturated heterocycles. The van der Waals surface area contributed by atoms with E-state index in [4.69, 9.17) is 9.29 Å². The van der Waals surface area contributed by atoms with Crippen molar-refractivity contribution in [3.63, 3.8) is 0 Å². The topological polar surface area (TPSA) is 75.6 Å². The maximum atomic E-state index is 10.9. The highest BCUT2D eigenvalue weighted by atomic mass is 32.2. The van der Waals surface area contributed by atoms with Crippen LogP contribution in [-0.2, 0) is 22.5 Å². The Morgan fingerprint density at radius 3 is 2.75 bits per heavy atom. The highest BCUT2D eigenvalue weighted by molar-refractivity contribution is 7.80. The molecule has 0 aliphatic heterocycles. The van der Waals surface area contributed by atoms with Gasteiger partial charge in [-0.1, -0.05) is 6.07 Å². The lowest BCUT2D eigenvalue weighted by Gasteiger charge is -2.09. The van der Waals surface area contributed by atoms with Gasteiger partial charge in [0.15, 0.2) is 0 Å². The van der Waals surface area contributed by atoms with Crippen LogP contribution in [-0.4, -0.2) is 21.7 Å². The molecule has 0 amide bonds. The molecule has 0 aromatic heterocycles. The van der Waals surface area contributed by atoms with Gasteiger partial charge in [0, 0.05) is 6.42 Å². The fourth-order valence-electron chi connectivity index (χ4n) is 1.33. The highest BCUT2D eigenvalue weighted by Crippen LogP contribution is 2.25. The van der Waals surface area contributed by atoms with Gasteiger partial charge in [-0.15, -0.1) is 0 Å². The van der Waals surface area contributed by atoms with E-state index in [1.54, 1.807) is 18.2 Å². The van der Waals surface area contributed by atoms with Gasteiger partial charge in [-0.25, -0.2) is 4.21 Å². The van der Waals surface area contributed by atoms with Crippen LogP contribution in [0.2, 0.25) is 0 Å². The number of ketones is 1. The second-order valence-corrected chi connectivity index (χ2v) is 3.97. The number of carbonyl (C=O) groups is 1. The average molecular weight is 243 g/mol. The van der Waals surface area contributed by atoms with Crippen molar-refractivity contribution in [2.45, 2.75) is 13.3 Å². The average Bonchev–Trinajstić information content (AvgIpc) is 2.16. The third kappa shape index (κ3) is 3.63. The van der Waals surface area contributed by atoms with Gasteiger partial charge < -0.3 is 4.74 Å². The van der Waals surface area contributed by atoms with Gasteiger partial charge in [0.05, 0.1) is 12.8 Å². The first kappa shape index (κ1) is 12.7. The lowest BCUT2D eigenvalue weighted by Crippen LogP contribution is -2.05. The van der Waals surface area contributed by atoms with Crippen LogP contribution < -0.4 is 9.46 Å². The van der Waals surface area contributed by atoms with Gasteiger partial charge >= 0.3 is 0 Å². The number of carbonyl (C=O) groups excluding carboxylic acids is 1. The molecular weight excluding hydrogens is 230 g/mol. The van der Waals surface area contributed by atoms with E-state index in [2.05, 4.69) is 4.72 Å². The van der Waals surface area contributed by atoms with E-state index in [0.29, 0.717) is 11.4 Å². The van der Waals surface area contributed by atoms with E-state index in [0.717, 1.165) is 5.56 Å². The Kier molecular flexibility index (Phi) is 4.45. The van der Waals surface area contributed by atoms with Gasteiger partial charge in [0.1, 0.15) is 11.5 Å². The molecule has 1 aromatic rings. The van der Waals surface area contributed by atoms with E-state index in [-0.39, 0.29) is 12.2 Å². The normalized spacial score (nSPS) is 11.9. The number of benzene rings is 1. The molecule has 88 valence electrons. The van der Waals surface area contributed by atoms with Crippen molar-refractivity contribution in [3.05, 3.63) is 23.8 Å². The van der Waals surface area contributed by atoms with Crippen molar-refractivity contribution in [2.24, 2.45) is 0 Å². The second-order valence-electron chi connectivity index (χ2n) is 3.26. The molecular formula is C10H13NO4S. The summed E-state index contributed by atoms with van der Waals surface area (Å²) < 4.78 is 26.7. The van der Waals surface area contributed by atoms with Gasteiger partial charge in [-0.2, -0.15) is 0 Å². The highest BCUT2D eigenvalue weighted by Gasteiger charge is 2.07. The fourth-order valence-corrected chi connectivity index (χ4v) is 1.67. The molecule has 0 aliphatic carbocycles. The van der Waals surface area contributed by atoms with Gasteiger partial charge in [0.25, 0.3) is 11.3 Å². The lowest BCUT2D eigenvalue weighted by molar-refractivity contribution is -0.116. The van der Waals surface area contributed by atoms with Crippen LogP contribution in [0.15, 0.2) is 18.2 Å². The van der Waals surface area contributed by atoms with Crippen molar-refractivity contribution in [3.8, 4) is 5.75 Å². The third-order valence-electron chi connectivity index (χ3n) is 1.91. The van der Waals surface area contributed by atoms with Gasteiger partial charge in [-0.05, 0) is 24.6 Å². The Bertz CT molecular complexity index is 419. The Balaban J connectivity index is 3.00. The summed E-state index contributed by atoms with van der Waals surface area (Å²) in [6, 6.07) is 5.01. The zero-order valence-corrected chi connectivity index (χ0v) is 9.84. The third-order valence-corrected chi connectivity index (χ3v) is 2.31. The van der Waals surface area contributed by atoms with Crippen molar-refractivity contribution in [1.29, 1.82) is 0 Å². The first-order valence-corrected chi connectivity index (χ1v) is 5.67. The van der Waals surface area contributed by atoms with Crippen molar-refractivity contribution in [1.82, 2.24) is 0 Å². The summed E-state index contributed by atoms with van der Waals surface area (Å²) in [5.74, 6) is 0.482. The quantitative estimate of drug-likeness (QED) is 0.766. The summed E-state index contributed by atoms with van der Waals surface area (Å²) in [6.07, 6.45) is 0.288. The van der Waals surface area contributed by atoms with E-state index in [1.165, 1.54) is 14.0 Å². The summed E-state index contributed by atoms with van der Waals surface area (Å²) in [5, 5.41) is 0. The lowest BCUT2D eigenvalue weighted by atomic mass is 10.1. The van der Waals surface area contributed by atoms with Crippen molar-refractivity contribution in [2.75, 3.05) is 11.8 Å². The van der Waals surface area contributed by atoms with Crippen molar-refractivity contribution >= 4 is 22.7 Å². The maximum Gasteiger partial charge on any atom is 0.259 e. The molecule has 1 rings (SSSR count). The fraction of sp³-hybridized carbons (Fsp3) is 0.300. The van der Waals surface area contributed by atoms with Crippen LogP contribution in [0, 0.1) is 0 Å². The predicted octanol–water partition coefficient (Wildman–Crippen LogP) is 1.38.